The average Bonchev–Trinajstić information content (AvgIpc) is 2.25. The van der Waals surface area contributed by atoms with Crippen molar-refractivity contribution >= 4 is 9.84 Å². The van der Waals surface area contributed by atoms with Crippen molar-refractivity contribution in [3.63, 3.8) is 0 Å². The van der Waals surface area contributed by atoms with Gasteiger partial charge < -0.3 is 5.11 Å². The standard InChI is InChI=1S/C11H13F3O3S/c1-8(15)6-7-18(16,17)10-5-3-2-4-9(10)11(12,13)14/h2-5,8,15H,6-7H2,1H3. The minimum absolute atomic E-state index is 0.103. The van der Waals surface area contributed by atoms with Crippen LogP contribution in [0.3, 0.4) is 0 Å². The molecule has 0 aliphatic rings. The first-order valence-electron chi connectivity index (χ1n) is 5.21. The normalized spacial score (nSPS) is 14.5. The number of aliphatic hydroxyl groups excluding tert-OH is 1. The molecule has 0 amide bonds. The van der Waals surface area contributed by atoms with Gasteiger partial charge in [0, 0.05) is 0 Å². The van der Waals surface area contributed by atoms with Crippen LogP contribution in [-0.2, 0) is 16.0 Å². The molecule has 1 aromatic rings. The van der Waals surface area contributed by atoms with Crippen molar-refractivity contribution < 1.29 is 26.7 Å². The zero-order chi connectivity index (χ0) is 14.0. The van der Waals surface area contributed by atoms with Crippen molar-refractivity contribution in [3.05, 3.63) is 29.8 Å². The van der Waals surface area contributed by atoms with Crippen molar-refractivity contribution in [2.24, 2.45) is 0 Å². The van der Waals surface area contributed by atoms with Crippen molar-refractivity contribution in [3.8, 4) is 0 Å². The number of sulfone groups is 1. The van der Waals surface area contributed by atoms with Crippen LogP contribution in [0.5, 0.6) is 0 Å². The molecule has 0 aromatic heterocycles. The number of halogens is 3. The summed E-state index contributed by atoms with van der Waals surface area (Å²) in [5.74, 6) is -0.516. The highest BCUT2D eigenvalue weighted by Gasteiger charge is 2.36. The summed E-state index contributed by atoms with van der Waals surface area (Å²) in [6.07, 6.45) is -5.69. The van der Waals surface area contributed by atoms with Gasteiger partial charge in [-0.25, -0.2) is 8.42 Å². The highest BCUT2D eigenvalue weighted by molar-refractivity contribution is 7.91. The minimum Gasteiger partial charge on any atom is -0.393 e. The van der Waals surface area contributed by atoms with E-state index in [9.17, 15) is 21.6 Å². The largest absolute Gasteiger partial charge is 0.417 e. The summed E-state index contributed by atoms with van der Waals surface area (Å²) in [6, 6.07) is 4.04. The lowest BCUT2D eigenvalue weighted by atomic mass is 10.2. The van der Waals surface area contributed by atoms with Crippen LogP contribution in [0.2, 0.25) is 0 Å². The molecule has 1 aromatic carbocycles. The number of hydrogen-bond acceptors (Lipinski definition) is 3. The lowest BCUT2D eigenvalue weighted by Gasteiger charge is -2.13. The number of hydrogen-bond donors (Lipinski definition) is 1. The van der Waals surface area contributed by atoms with E-state index >= 15 is 0 Å². The molecule has 1 N–H and O–H groups in total. The van der Waals surface area contributed by atoms with E-state index < -0.39 is 38.3 Å². The number of rotatable bonds is 4. The van der Waals surface area contributed by atoms with Crippen LogP contribution in [0.15, 0.2) is 29.2 Å². The maximum atomic E-state index is 12.7. The average molecular weight is 282 g/mol. The predicted octanol–water partition coefficient (Wildman–Crippen LogP) is 2.25. The van der Waals surface area contributed by atoms with E-state index in [1.54, 1.807) is 0 Å². The molecular weight excluding hydrogens is 269 g/mol. The fourth-order valence-corrected chi connectivity index (χ4v) is 3.08. The van der Waals surface area contributed by atoms with Crippen LogP contribution >= 0.6 is 0 Å². The van der Waals surface area contributed by atoms with Gasteiger partial charge in [0.15, 0.2) is 9.84 Å². The van der Waals surface area contributed by atoms with Gasteiger partial charge in [0.2, 0.25) is 0 Å². The minimum atomic E-state index is -4.71. The van der Waals surface area contributed by atoms with Gasteiger partial charge >= 0.3 is 6.18 Å². The summed E-state index contributed by atoms with van der Waals surface area (Å²) < 4.78 is 61.6. The summed E-state index contributed by atoms with van der Waals surface area (Å²) in [7, 11) is -4.05. The zero-order valence-corrected chi connectivity index (χ0v) is 10.4. The topological polar surface area (TPSA) is 54.4 Å². The lowest BCUT2D eigenvalue weighted by molar-refractivity contribution is -0.139. The molecule has 0 radical (unpaired) electrons. The van der Waals surface area contributed by atoms with Gasteiger partial charge in [-0.05, 0) is 25.5 Å². The van der Waals surface area contributed by atoms with E-state index in [1.165, 1.54) is 13.0 Å². The molecule has 0 bridgehead atoms. The molecule has 102 valence electrons. The Kier molecular flexibility index (Phi) is 4.39. The molecule has 0 aliphatic heterocycles. The molecule has 0 aliphatic carbocycles. The molecule has 1 rings (SSSR count). The zero-order valence-electron chi connectivity index (χ0n) is 9.61. The fraction of sp³-hybridized carbons (Fsp3) is 0.455. The third kappa shape index (κ3) is 3.71. The quantitative estimate of drug-likeness (QED) is 0.921. The SMILES string of the molecule is CC(O)CCS(=O)(=O)c1ccccc1C(F)(F)F. The first-order valence-corrected chi connectivity index (χ1v) is 6.87. The van der Waals surface area contributed by atoms with E-state index in [2.05, 4.69) is 0 Å². The second kappa shape index (κ2) is 5.27. The van der Waals surface area contributed by atoms with Crippen molar-refractivity contribution in [2.45, 2.75) is 30.5 Å². The van der Waals surface area contributed by atoms with Gasteiger partial charge in [-0.3, -0.25) is 0 Å². The second-order valence-corrected chi connectivity index (χ2v) is 6.03. The monoisotopic (exact) mass is 282 g/mol. The lowest BCUT2D eigenvalue weighted by Crippen LogP contribution is -2.17. The van der Waals surface area contributed by atoms with E-state index in [0.29, 0.717) is 0 Å². The Labute approximate surface area is 103 Å². The molecule has 0 saturated carbocycles. The van der Waals surface area contributed by atoms with Crippen molar-refractivity contribution in [2.75, 3.05) is 5.75 Å². The van der Waals surface area contributed by atoms with Gasteiger partial charge in [-0.1, -0.05) is 12.1 Å². The Morgan fingerprint density at radius 3 is 2.33 bits per heavy atom. The van der Waals surface area contributed by atoms with Crippen LogP contribution in [0, 0.1) is 0 Å². The molecule has 0 heterocycles. The first-order chi connectivity index (χ1) is 8.14. The Hall–Kier alpha value is -1.08. The van der Waals surface area contributed by atoms with Gasteiger partial charge in [0.25, 0.3) is 0 Å². The Bertz CT molecular complexity index is 507. The third-order valence-corrected chi connectivity index (χ3v) is 4.13. The van der Waals surface area contributed by atoms with Crippen LogP contribution in [0.1, 0.15) is 18.9 Å². The molecule has 0 fully saturated rings. The molecule has 18 heavy (non-hydrogen) atoms. The highest BCUT2D eigenvalue weighted by atomic mass is 32.2. The van der Waals surface area contributed by atoms with Crippen molar-refractivity contribution in [1.82, 2.24) is 0 Å². The third-order valence-electron chi connectivity index (χ3n) is 2.33. The molecule has 0 spiro atoms. The van der Waals surface area contributed by atoms with Crippen LogP contribution in [0.25, 0.3) is 0 Å². The Morgan fingerprint density at radius 2 is 1.83 bits per heavy atom. The first kappa shape index (κ1) is 15.0. The molecule has 7 heteroatoms. The smallest absolute Gasteiger partial charge is 0.393 e. The Morgan fingerprint density at radius 1 is 1.28 bits per heavy atom. The summed E-state index contributed by atoms with van der Waals surface area (Å²) >= 11 is 0. The molecule has 1 atom stereocenters. The van der Waals surface area contributed by atoms with E-state index in [0.717, 1.165) is 18.2 Å². The van der Waals surface area contributed by atoms with Crippen molar-refractivity contribution in [1.29, 1.82) is 0 Å². The number of aliphatic hydroxyl groups is 1. The van der Waals surface area contributed by atoms with E-state index in [1.807, 2.05) is 0 Å². The van der Waals surface area contributed by atoms with E-state index in [4.69, 9.17) is 5.11 Å². The predicted molar refractivity (Wildman–Crippen MR) is 59.8 cm³/mol. The molecule has 1 unspecified atom stereocenters. The van der Waals surface area contributed by atoms with Gasteiger partial charge in [0.05, 0.1) is 22.3 Å². The fourth-order valence-electron chi connectivity index (χ4n) is 1.41. The summed E-state index contributed by atoms with van der Waals surface area (Å²) in [4.78, 5) is -0.738. The van der Waals surface area contributed by atoms with Gasteiger partial charge in [-0.2, -0.15) is 13.2 Å². The molecule has 0 saturated heterocycles. The molecular formula is C11H13F3O3S. The molecule has 3 nitrogen and oxygen atoms in total. The maximum Gasteiger partial charge on any atom is 0.417 e. The summed E-state index contributed by atoms with van der Waals surface area (Å²) in [6.45, 7) is 1.38. The van der Waals surface area contributed by atoms with Crippen LogP contribution in [-0.4, -0.2) is 25.4 Å². The maximum absolute atomic E-state index is 12.7. The number of alkyl halides is 3. The second-order valence-electron chi connectivity index (χ2n) is 3.95. The number of benzene rings is 1. The summed E-state index contributed by atoms with van der Waals surface area (Å²) in [5.41, 5.74) is -1.17. The van der Waals surface area contributed by atoms with E-state index in [-0.39, 0.29) is 6.42 Å². The highest BCUT2D eigenvalue weighted by Crippen LogP contribution is 2.34. The summed E-state index contributed by atoms with van der Waals surface area (Å²) in [5, 5.41) is 9.01. The van der Waals surface area contributed by atoms with Gasteiger partial charge in [-0.15, -0.1) is 0 Å². The van der Waals surface area contributed by atoms with Gasteiger partial charge in [0.1, 0.15) is 0 Å². The van der Waals surface area contributed by atoms with Crippen LogP contribution < -0.4 is 0 Å². The van der Waals surface area contributed by atoms with Crippen LogP contribution in [0.4, 0.5) is 13.2 Å². The Balaban J connectivity index is 3.17.